The number of rotatable bonds is 12. The lowest BCUT2D eigenvalue weighted by Crippen LogP contribution is -2.53. The van der Waals surface area contributed by atoms with E-state index < -0.39 is 13.2 Å². The molecule has 4 aromatic heterocycles. The highest BCUT2D eigenvalue weighted by molar-refractivity contribution is 5.85. The van der Waals surface area contributed by atoms with Gasteiger partial charge in [-0.15, -0.1) is 0 Å². The van der Waals surface area contributed by atoms with Gasteiger partial charge in [-0.25, -0.2) is 19.9 Å². The van der Waals surface area contributed by atoms with Crippen LogP contribution in [0.5, 0.6) is 11.5 Å². The first-order valence-electron chi connectivity index (χ1n) is 25.4. The van der Waals surface area contributed by atoms with Gasteiger partial charge in [0.25, 0.3) is 11.1 Å². The van der Waals surface area contributed by atoms with Crippen molar-refractivity contribution in [1.29, 1.82) is 0 Å². The number of alkyl halides is 4. The van der Waals surface area contributed by atoms with Gasteiger partial charge in [-0.3, -0.25) is 37.9 Å². The fourth-order valence-corrected chi connectivity index (χ4v) is 10.4. The average Bonchev–Trinajstić information content (AvgIpc) is 3.84. The Morgan fingerprint density at radius 1 is 0.551 bits per heavy atom. The fourth-order valence-electron chi connectivity index (χ4n) is 10.4. The van der Waals surface area contributed by atoms with E-state index in [2.05, 4.69) is 29.7 Å². The van der Waals surface area contributed by atoms with Crippen molar-refractivity contribution < 1.29 is 36.6 Å². The molecule has 78 heavy (non-hydrogen) atoms. The fraction of sp³-hybridized carbons (Fsp3) is 0.357. The van der Waals surface area contributed by atoms with Gasteiger partial charge in [-0.05, 0) is 75.2 Å². The van der Waals surface area contributed by atoms with E-state index in [1.807, 2.05) is 61.8 Å². The van der Waals surface area contributed by atoms with Crippen LogP contribution in [0.4, 0.5) is 29.5 Å². The van der Waals surface area contributed by atoms with E-state index in [-0.39, 0.29) is 59.6 Å². The summed E-state index contributed by atoms with van der Waals surface area (Å²) in [6, 6.07) is 21.1. The van der Waals surface area contributed by atoms with Gasteiger partial charge >= 0.3 is 13.2 Å². The number of ether oxygens (including phenoxy) is 2. The number of amides is 2. The van der Waals surface area contributed by atoms with Crippen molar-refractivity contribution in [1.82, 2.24) is 48.5 Å². The molecule has 0 bridgehead atoms. The summed E-state index contributed by atoms with van der Waals surface area (Å²) < 4.78 is 68.0. The van der Waals surface area contributed by atoms with E-state index in [4.69, 9.17) is 9.47 Å². The Bertz CT molecular complexity index is 3400. The SMILES string of the molecule is CC(=O)N1CCN(c2ncc(-c3ccc4c(=O)n(C)n(Cc5cc(C)ccc5OC(F)F)c4c3)cn2)CC1C.CC(=O)N1CCN(c2ncc(-c3ccc4c(=O)n(C)n(Cc5cc(C)ccc5OC(F)F)c4c3)cn2)C[C@H]1C. The normalized spacial score (nSPS) is 15.8. The van der Waals surface area contributed by atoms with Gasteiger partial charge in [0.15, 0.2) is 0 Å². The molecular weight excluding hydrogens is 1010 g/mol. The summed E-state index contributed by atoms with van der Waals surface area (Å²) in [4.78, 5) is 75.6. The van der Waals surface area contributed by atoms with Gasteiger partial charge in [0, 0.05) is 126 Å². The zero-order chi connectivity index (χ0) is 55.7. The number of anilines is 2. The molecule has 8 aromatic rings. The Kier molecular flexibility index (Phi) is 15.7. The van der Waals surface area contributed by atoms with Gasteiger partial charge in [0.05, 0.1) is 34.9 Å². The van der Waals surface area contributed by atoms with E-state index in [1.54, 1.807) is 98.5 Å². The summed E-state index contributed by atoms with van der Waals surface area (Å²) in [6.07, 6.45) is 6.97. The van der Waals surface area contributed by atoms with Gasteiger partial charge in [0.1, 0.15) is 11.5 Å². The Labute approximate surface area is 446 Å². The second-order valence-electron chi connectivity index (χ2n) is 19.8. The van der Waals surface area contributed by atoms with Crippen LogP contribution < -0.4 is 30.4 Å². The van der Waals surface area contributed by atoms with Crippen molar-refractivity contribution in [2.24, 2.45) is 14.1 Å². The second-order valence-corrected chi connectivity index (χ2v) is 19.8. The molecule has 2 saturated heterocycles. The highest BCUT2D eigenvalue weighted by atomic mass is 19.3. The molecule has 2 atom stereocenters. The summed E-state index contributed by atoms with van der Waals surface area (Å²) >= 11 is 0. The molecule has 18 nitrogen and oxygen atoms in total. The van der Waals surface area contributed by atoms with Crippen LogP contribution in [0, 0.1) is 13.8 Å². The maximum Gasteiger partial charge on any atom is 0.387 e. The molecule has 4 aromatic carbocycles. The largest absolute Gasteiger partial charge is 0.434 e. The predicted octanol–water partition coefficient (Wildman–Crippen LogP) is 7.62. The van der Waals surface area contributed by atoms with Crippen LogP contribution in [-0.2, 0) is 36.8 Å². The molecule has 1 unspecified atom stereocenters. The first-order valence-corrected chi connectivity index (χ1v) is 25.4. The number of hydrogen-bond donors (Lipinski definition) is 0. The summed E-state index contributed by atoms with van der Waals surface area (Å²) in [5.74, 6) is 1.46. The minimum absolute atomic E-state index is 0.0633. The van der Waals surface area contributed by atoms with Crippen molar-refractivity contribution in [3.8, 4) is 33.8 Å². The van der Waals surface area contributed by atoms with Crippen LogP contribution >= 0.6 is 0 Å². The Hall–Kier alpha value is -8.56. The molecule has 0 aliphatic carbocycles. The molecule has 0 radical (unpaired) electrons. The highest BCUT2D eigenvalue weighted by Crippen LogP contribution is 2.30. The Morgan fingerprint density at radius 3 is 1.26 bits per heavy atom. The van der Waals surface area contributed by atoms with Crippen molar-refractivity contribution in [3.05, 3.63) is 141 Å². The Morgan fingerprint density at radius 2 is 0.923 bits per heavy atom. The van der Waals surface area contributed by atoms with E-state index in [1.165, 1.54) is 21.5 Å². The summed E-state index contributed by atoms with van der Waals surface area (Å²) in [5, 5.41) is 1.03. The highest BCUT2D eigenvalue weighted by Gasteiger charge is 2.28. The van der Waals surface area contributed by atoms with E-state index in [0.29, 0.717) is 84.1 Å². The van der Waals surface area contributed by atoms with Gasteiger partial charge < -0.3 is 29.1 Å². The van der Waals surface area contributed by atoms with Crippen LogP contribution in [0.3, 0.4) is 0 Å². The Balaban J connectivity index is 0.000000190. The number of benzene rings is 4. The van der Waals surface area contributed by atoms with Gasteiger partial charge in [0.2, 0.25) is 23.7 Å². The number of carbonyl (C=O) groups excluding carboxylic acids is 2. The molecule has 6 heterocycles. The van der Waals surface area contributed by atoms with Crippen LogP contribution in [0.1, 0.15) is 49.9 Å². The molecular formula is C56H60F4N12O6. The maximum absolute atomic E-state index is 13.0. The average molecular weight is 1070 g/mol. The molecule has 408 valence electrons. The number of hydrogen-bond acceptors (Lipinski definition) is 12. The first kappa shape index (κ1) is 54.2. The predicted molar refractivity (Wildman–Crippen MR) is 288 cm³/mol. The van der Waals surface area contributed by atoms with Gasteiger partial charge in [-0.1, -0.05) is 47.5 Å². The van der Waals surface area contributed by atoms with Crippen molar-refractivity contribution in [2.75, 3.05) is 49.1 Å². The van der Waals surface area contributed by atoms with Crippen molar-refractivity contribution >= 4 is 45.5 Å². The topological polar surface area (TPSA) is 171 Å². The lowest BCUT2D eigenvalue weighted by molar-refractivity contribution is -0.132. The second kappa shape index (κ2) is 22.6. The molecule has 2 amide bonds. The maximum atomic E-state index is 13.0. The third-order valence-corrected chi connectivity index (χ3v) is 14.4. The molecule has 2 aliphatic rings. The van der Waals surface area contributed by atoms with Crippen LogP contribution in [0.15, 0.2) is 107 Å². The number of aromatic nitrogens is 8. The van der Waals surface area contributed by atoms with Crippen LogP contribution in [-0.4, -0.2) is 125 Å². The van der Waals surface area contributed by atoms with E-state index in [0.717, 1.165) is 33.4 Å². The van der Waals surface area contributed by atoms with Crippen LogP contribution in [0.2, 0.25) is 0 Å². The molecule has 10 rings (SSSR count). The third kappa shape index (κ3) is 11.4. The van der Waals surface area contributed by atoms with Crippen molar-refractivity contribution in [2.45, 2.75) is 79.9 Å². The summed E-state index contributed by atoms with van der Waals surface area (Å²) in [7, 11) is 3.30. The number of nitrogens with zero attached hydrogens (tertiary/aromatic N) is 12. The standard InChI is InChI=1S/2C28H30F2N6O3/c2*1-17-5-8-25(39-27(29)30)21(11-17)16-36-24-12-20(6-7-23(24)26(38)33(36)4)22-13-31-28(32-14-22)34-9-10-35(19(3)37)18(2)15-34/h2*5-8,11-14,18,27H,9-10,15-16H2,1-4H3/t18-;/m1./s1. The monoisotopic (exact) mass is 1070 g/mol. The number of halogens is 4. The van der Waals surface area contributed by atoms with Gasteiger partial charge in [-0.2, -0.15) is 17.6 Å². The minimum Gasteiger partial charge on any atom is -0.434 e. The third-order valence-electron chi connectivity index (χ3n) is 14.4. The van der Waals surface area contributed by atoms with Crippen LogP contribution in [0.25, 0.3) is 44.1 Å². The summed E-state index contributed by atoms with van der Waals surface area (Å²) in [5.41, 5.74) is 6.98. The molecule has 2 fully saturated rings. The number of piperazine rings is 2. The number of aryl methyl sites for hydroxylation is 2. The molecule has 0 saturated carbocycles. The molecule has 2 aliphatic heterocycles. The minimum atomic E-state index is -2.95. The summed E-state index contributed by atoms with van der Waals surface area (Å²) in [6.45, 7) is 9.20. The molecule has 22 heteroatoms. The zero-order valence-corrected chi connectivity index (χ0v) is 44.5. The smallest absolute Gasteiger partial charge is 0.387 e. The van der Waals surface area contributed by atoms with E-state index in [9.17, 15) is 36.7 Å². The lowest BCUT2D eigenvalue weighted by Gasteiger charge is -2.39. The quantitative estimate of drug-likeness (QED) is 0.110. The first-order chi connectivity index (χ1) is 37.2. The van der Waals surface area contributed by atoms with E-state index >= 15 is 0 Å². The van der Waals surface area contributed by atoms with Crippen molar-refractivity contribution in [3.63, 3.8) is 0 Å². The molecule has 0 spiro atoms. The lowest BCUT2D eigenvalue weighted by atomic mass is 10.1. The molecule has 0 N–H and O–H groups in total. The number of fused-ring (bicyclic) bond motifs is 2. The number of carbonyl (C=O) groups is 2. The zero-order valence-electron chi connectivity index (χ0n) is 44.5.